The Bertz CT molecular complexity index is 794. The normalized spacial score (nSPS) is 13.9. The lowest BCUT2D eigenvalue weighted by Gasteiger charge is -2.21. The molecular weight excluding hydrogens is 631 g/mol. The number of carbonyl (C=O) groups is 1. The fraction of sp³-hybridized carbons (Fsp3) is 0.848. The molecule has 0 aliphatic heterocycles. The summed E-state index contributed by atoms with van der Waals surface area (Å²) < 4.78 is 0. The van der Waals surface area contributed by atoms with Gasteiger partial charge in [-0.15, -0.1) is 0 Å². The number of unbranched alkanes of at least 4 members (excludes halogenated alkanes) is 27. The van der Waals surface area contributed by atoms with Gasteiger partial charge in [-0.25, -0.2) is 0 Å². The Morgan fingerprint density at radius 3 is 1.33 bits per heavy atom. The summed E-state index contributed by atoms with van der Waals surface area (Å²) in [5, 5.41) is 33.2. The molecule has 5 heteroatoms. The van der Waals surface area contributed by atoms with Crippen LogP contribution in [0, 0.1) is 0 Å². The molecule has 0 rings (SSSR count). The van der Waals surface area contributed by atoms with Crippen LogP contribution in [0.25, 0.3) is 0 Å². The van der Waals surface area contributed by atoms with Gasteiger partial charge >= 0.3 is 0 Å². The highest BCUT2D eigenvalue weighted by Gasteiger charge is 2.20. The predicted molar refractivity (Wildman–Crippen MR) is 222 cm³/mol. The number of aliphatic hydroxyl groups excluding tert-OH is 3. The van der Waals surface area contributed by atoms with E-state index >= 15 is 0 Å². The van der Waals surface area contributed by atoms with Gasteiger partial charge in [-0.05, 0) is 51.4 Å². The Morgan fingerprint density at radius 1 is 0.510 bits per heavy atom. The molecule has 0 saturated carbocycles. The third-order valence-electron chi connectivity index (χ3n) is 10.2. The van der Waals surface area contributed by atoms with Crippen LogP contribution in [-0.4, -0.2) is 46.1 Å². The largest absolute Gasteiger partial charge is 0.394 e. The van der Waals surface area contributed by atoms with Gasteiger partial charge in [0.1, 0.15) is 0 Å². The Kier molecular flexibility index (Phi) is 40.2. The first-order valence-electron chi connectivity index (χ1n) is 22.3. The molecule has 0 aromatic carbocycles. The van der Waals surface area contributed by atoms with Crippen LogP contribution >= 0.6 is 0 Å². The summed E-state index contributed by atoms with van der Waals surface area (Å²) in [5.41, 5.74) is 0. The first-order chi connectivity index (χ1) is 25.0. The van der Waals surface area contributed by atoms with Crippen molar-refractivity contribution in [1.82, 2.24) is 5.32 Å². The van der Waals surface area contributed by atoms with E-state index in [1.807, 2.05) is 6.08 Å². The van der Waals surface area contributed by atoms with Crippen molar-refractivity contribution in [1.29, 1.82) is 0 Å². The number of rotatable bonds is 40. The number of hydrogen-bond donors (Lipinski definition) is 4. The lowest BCUT2D eigenvalue weighted by atomic mass is 10.0. The minimum atomic E-state index is -0.932. The van der Waals surface area contributed by atoms with E-state index in [2.05, 4.69) is 43.5 Å². The number of carbonyl (C=O) groups excluding carboxylic acids is 1. The molecule has 0 bridgehead atoms. The van der Waals surface area contributed by atoms with Crippen LogP contribution in [0.1, 0.15) is 226 Å². The maximum Gasteiger partial charge on any atom is 0.222 e. The highest BCUT2D eigenvalue weighted by Crippen LogP contribution is 2.15. The van der Waals surface area contributed by atoms with Gasteiger partial charge in [-0.3, -0.25) is 4.79 Å². The van der Waals surface area contributed by atoms with Crippen LogP contribution in [0.4, 0.5) is 0 Å². The quantitative estimate of drug-likeness (QED) is 0.0375. The SMILES string of the molecule is CCCCC/C=C\C/C=C\CCCCCCCC(O)CC(=O)NC(CO)C(O)/C=C/CCCCCCCCCCCCCCCCCCCCC. The minimum absolute atomic E-state index is 0.00410. The summed E-state index contributed by atoms with van der Waals surface area (Å²) in [4.78, 5) is 12.4. The number of aliphatic hydroxyl groups is 3. The van der Waals surface area contributed by atoms with Crippen molar-refractivity contribution >= 4 is 5.91 Å². The standard InChI is InChI=1S/C46H87NO4/c1-3-5-7-9-11-13-15-17-19-20-21-22-23-24-26-28-30-32-34-36-38-40-45(50)44(42-48)47-46(51)41-43(49)39-37-35-33-31-29-27-25-18-16-14-12-10-8-6-4-2/h12,14,18,25,38,40,43-45,48-50H,3-11,13,15-17,19-24,26-37,39,41-42H2,1-2H3,(H,47,51)/b14-12-,25-18-,40-38+. The average Bonchev–Trinajstić information content (AvgIpc) is 3.12. The molecule has 5 nitrogen and oxygen atoms in total. The van der Waals surface area contributed by atoms with Crippen molar-refractivity contribution in [2.75, 3.05) is 6.61 Å². The summed E-state index contributed by atoms with van der Waals surface area (Å²) in [6, 6.07) is -0.748. The molecule has 0 aromatic rings. The van der Waals surface area contributed by atoms with Gasteiger partial charge in [0.15, 0.2) is 0 Å². The maximum atomic E-state index is 12.4. The van der Waals surface area contributed by atoms with Crippen LogP contribution in [0.5, 0.6) is 0 Å². The van der Waals surface area contributed by atoms with Gasteiger partial charge in [-0.2, -0.15) is 0 Å². The lowest BCUT2D eigenvalue weighted by Crippen LogP contribution is -2.45. The van der Waals surface area contributed by atoms with Gasteiger partial charge in [0.2, 0.25) is 5.91 Å². The number of amides is 1. The Hall–Kier alpha value is -1.43. The smallest absolute Gasteiger partial charge is 0.222 e. The van der Waals surface area contributed by atoms with Gasteiger partial charge in [-0.1, -0.05) is 204 Å². The van der Waals surface area contributed by atoms with E-state index in [-0.39, 0.29) is 18.9 Å². The predicted octanol–water partition coefficient (Wildman–Crippen LogP) is 12.8. The summed E-state index contributed by atoms with van der Waals surface area (Å²) in [6.45, 7) is 4.19. The third kappa shape index (κ3) is 38.1. The van der Waals surface area contributed by atoms with Crippen LogP contribution in [0.2, 0.25) is 0 Å². The summed E-state index contributed by atoms with van der Waals surface area (Å²) in [7, 11) is 0. The second-order valence-electron chi connectivity index (χ2n) is 15.3. The van der Waals surface area contributed by atoms with Gasteiger partial charge in [0, 0.05) is 0 Å². The van der Waals surface area contributed by atoms with Crippen LogP contribution < -0.4 is 5.32 Å². The zero-order chi connectivity index (χ0) is 37.3. The van der Waals surface area contributed by atoms with Crippen molar-refractivity contribution < 1.29 is 20.1 Å². The van der Waals surface area contributed by atoms with E-state index < -0.39 is 18.2 Å². The summed E-state index contributed by atoms with van der Waals surface area (Å²) in [5.74, 6) is -0.324. The van der Waals surface area contributed by atoms with Crippen molar-refractivity contribution in [3.05, 3.63) is 36.5 Å². The van der Waals surface area contributed by atoms with E-state index in [1.54, 1.807) is 6.08 Å². The first-order valence-corrected chi connectivity index (χ1v) is 22.3. The van der Waals surface area contributed by atoms with Crippen LogP contribution in [0.15, 0.2) is 36.5 Å². The number of allylic oxidation sites excluding steroid dienone is 5. The Labute approximate surface area is 317 Å². The van der Waals surface area contributed by atoms with Crippen LogP contribution in [-0.2, 0) is 4.79 Å². The molecule has 51 heavy (non-hydrogen) atoms. The second kappa shape index (κ2) is 41.3. The molecule has 3 atom stereocenters. The molecule has 0 fully saturated rings. The number of nitrogens with one attached hydrogen (secondary N) is 1. The molecule has 0 aromatic heterocycles. The van der Waals surface area contributed by atoms with Crippen LogP contribution in [0.3, 0.4) is 0 Å². The van der Waals surface area contributed by atoms with E-state index in [1.165, 1.54) is 154 Å². The van der Waals surface area contributed by atoms with Gasteiger partial charge in [0.25, 0.3) is 0 Å². The zero-order valence-electron chi connectivity index (χ0n) is 34.0. The van der Waals surface area contributed by atoms with E-state index in [0.29, 0.717) is 6.42 Å². The van der Waals surface area contributed by atoms with Crippen molar-refractivity contribution in [2.24, 2.45) is 0 Å². The fourth-order valence-corrected chi connectivity index (χ4v) is 6.72. The molecule has 0 spiro atoms. The molecule has 0 saturated heterocycles. The van der Waals surface area contributed by atoms with E-state index in [0.717, 1.165) is 44.9 Å². The molecule has 300 valence electrons. The average molecular weight is 718 g/mol. The molecule has 3 unspecified atom stereocenters. The molecular formula is C46H87NO4. The Morgan fingerprint density at radius 2 is 0.882 bits per heavy atom. The van der Waals surface area contributed by atoms with E-state index in [4.69, 9.17) is 0 Å². The molecule has 1 amide bonds. The number of hydrogen-bond acceptors (Lipinski definition) is 4. The monoisotopic (exact) mass is 718 g/mol. The lowest BCUT2D eigenvalue weighted by molar-refractivity contribution is -0.124. The topological polar surface area (TPSA) is 89.8 Å². The van der Waals surface area contributed by atoms with E-state index in [9.17, 15) is 20.1 Å². The fourth-order valence-electron chi connectivity index (χ4n) is 6.72. The van der Waals surface area contributed by atoms with Gasteiger partial charge < -0.3 is 20.6 Å². The summed E-state index contributed by atoms with van der Waals surface area (Å²) in [6.07, 6.45) is 51.4. The van der Waals surface area contributed by atoms with Gasteiger partial charge in [0.05, 0.1) is 31.3 Å². The third-order valence-corrected chi connectivity index (χ3v) is 10.2. The highest BCUT2D eigenvalue weighted by molar-refractivity contribution is 5.76. The van der Waals surface area contributed by atoms with Crippen molar-refractivity contribution in [2.45, 2.75) is 244 Å². The molecule has 0 aliphatic carbocycles. The minimum Gasteiger partial charge on any atom is -0.394 e. The maximum absolute atomic E-state index is 12.4. The van der Waals surface area contributed by atoms with Crippen molar-refractivity contribution in [3.63, 3.8) is 0 Å². The molecule has 0 heterocycles. The summed E-state index contributed by atoms with van der Waals surface area (Å²) >= 11 is 0. The molecule has 0 aliphatic rings. The zero-order valence-corrected chi connectivity index (χ0v) is 34.0. The first kappa shape index (κ1) is 49.6. The molecule has 0 radical (unpaired) electrons. The highest BCUT2D eigenvalue weighted by atomic mass is 16.3. The molecule has 4 N–H and O–H groups in total. The Balaban J connectivity index is 3.67. The van der Waals surface area contributed by atoms with Crippen molar-refractivity contribution in [3.8, 4) is 0 Å². The second-order valence-corrected chi connectivity index (χ2v) is 15.3.